The molecule has 1 aromatic heterocycles. The maximum absolute atomic E-state index is 10.6. The Kier molecular flexibility index (Phi) is 2.96. The highest BCUT2D eigenvalue weighted by Crippen LogP contribution is 2.45. The van der Waals surface area contributed by atoms with Crippen LogP contribution in [0.2, 0.25) is 0 Å². The minimum absolute atomic E-state index is 0.219. The lowest BCUT2D eigenvalue weighted by Gasteiger charge is -2.40. The van der Waals surface area contributed by atoms with Crippen molar-refractivity contribution in [3.05, 3.63) is 35.5 Å². The van der Waals surface area contributed by atoms with Gasteiger partial charge >= 0.3 is 0 Å². The van der Waals surface area contributed by atoms with Gasteiger partial charge in [0.1, 0.15) is 23.1 Å². The summed E-state index contributed by atoms with van der Waals surface area (Å²) >= 11 is 3.51. The summed E-state index contributed by atoms with van der Waals surface area (Å²) < 4.78 is 5.97. The van der Waals surface area contributed by atoms with Crippen LogP contribution in [0.3, 0.4) is 0 Å². The number of nitrogens with zero attached hydrogens (tertiary/aromatic N) is 2. The number of pyridine rings is 1. The van der Waals surface area contributed by atoms with E-state index in [-0.39, 0.29) is 4.83 Å². The molecule has 2 aromatic rings. The van der Waals surface area contributed by atoms with Crippen LogP contribution in [-0.4, -0.2) is 20.5 Å². The van der Waals surface area contributed by atoms with E-state index in [1.807, 2.05) is 32.0 Å². The molecule has 4 nitrogen and oxygen atoms in total. The number of aromatic nitrogens is 1. The SMILES string of the molecule is CC1(C)Oc2ccc3nc(C#N)ccc3c2C(O)C1Br. The van der Waals surface area contributed by atoms with Gasteiger partial charge in [-0.2, -0.15) is 5.26 Å². The zero-order chi connectivity index (χ0) is 14.5. The van der Waals surface area contributed by atoms with Crippen molar-refractivity contribution in [2.24, 2.45) is 0 Å². The van der Waals surface area contributed by atoms with Crippen LogP contribution in [0.4, 0.5) is 0 Å². The first-order valence-corrected chi connectivity index (χ1v) is 7.20. The average molecular weight is 333 g/mol. The molecule has 0 amide bonds. The standard InChI is InChI=1S/C15H13BrN2O2/c1-15(2)14(16)13(19)12-9-4-3-8(7-17)18-10(9)5-6-11(12)20-15/h3-6,13-14,19H,1-2H3. The summed E-state index contributed by atoms with van der Waals surface area (Å²) in [5.74, 6) is 0.664. The van der Waals surface area contributed by atoms with Gasteiger partial charge in [-0.05, 0) is 38.1 Å². The van der Waals surface area contributed by atoms with Gasteiger partial charge in [-0.15, -0.1) is 0 Å². The first-order valence-electron chi connectivity index (χ1n) is 6.29. The summed E-state index contributed by atoms with van der Waals surface area (Å²) in [6.07, 6.45) is -0.688. The third kappa shape index (κ3) is 1.88. The molecule has 20 heavy (non-hydrogen) atoms. The predicted octanol–water partition coefficient (Wildman–Crippen LogP) is 3.07. The highest BCUT2D eigenvalue weighted by molar-refractivity contribution is 9.09. The molecule has 0 bridgehead atoms. The van der Waals surface area contributed by atoms with Gasteiger partial charge in [0.2, 0.25) is 0 Å². The van der Waals surface area contributed by atoms with E-state index in [0.717, 1.165) is 10.9 Å². The Morgan fingerprint density at radius 1 is 1.35 bits per heavy atom. The van der Waals surface area contributed by atoms with Crippen LogP contribution in [-0.2, 0) is 0 Å². The van der Waals surface area contributed by atoms with Gasteiger partial charge in [0, 0.05) is 10.9 Å². The van der Waals surface area contributed by atoms with Gasteiger partial charge in [0.05, 0.1) is 16.4 Å². The molecular formula is C15H13BrN2O2. The molecular weight excluding hydrogens is 320 g/mol. The number of fused-ring (bicyclic) bond motifs is 3. The minimum atomic E-state index is -0.688. The molecule has 2 atom stereocenters. The summed E-state index contributed by atoms with van der Waals surface area (Å²) in [6.45, 7) is 3.86. The Balaban J connectivity index is 2.27. The molecule has 0 fully saturated rings. The summed E-state index contributed by atoms with van der Waals surface area (Å²) in [4.78, 5) is 4.04. The molecule has 0 spiro atoms. The Hall–Kier alpha value is -1.64. The van der Waals surface area contributed by atoms with Crippen molar-refractivity contribution in [2.75, 3.05) is 0 Å². The number of alkyl halides is 1. The monoisotopic (exact) mass is 332 g/mol. The fourth-order valence-corrected chi connectivity index (χ4v) is 2.89. The molecule has 0 saturated carbocycles. The van der Waals surface area contributed by atoms with Gasteiger partial charge in [0.25, 0.3) is 0 Å². The quantitative estimate of drug-likeness (QED) is 0.753. The van der Waals surface area contributed by atoms with Crippen molar-refractivity contribution in [1.29, 1.82) is 5.26 Å². The molecule has 3 rings (SSSR count). The normalized spacial score (nSPS) is 23.8. The van der Waals surface area contributed by atoms with E-state index >= 15 is 0 Å². The molecule has 1 aromatic carbocycles. The second kappa shape index (κ2) is 4.44. The van der Waals surface area contributed by atoms with Gasteiger partial charge in [0.15, 0.2) is 0 Å². The minimum Gasteiger partial charge on any atom is -0.486 e. The zero-order valence-corrected chi connectivity index (χ0v) is 12.7. The molecule has 1 aliphatic rings. The van der Waals surface area contributed by atoms with Crippen molar-refractivity contribution < 1.29 is 9.84 Å². The smallest absolute Gasteiger partial charge is 0.141 e. The third-order valence-corrected chi connectivity index (χ3v) is 5.20. The number of ether oxygens (including phenoxy) is 1. The number of halogens is 1. The molecule has 5 heteroatoms. The lowest BCUT2D eigenvalue weighted by molar-refractivity contribution is 0.0236. The van der Waals surface area contributed by atoms with Crippen molar-refractivity contribution >= 4 is 26.8 Å². The topological polar surface area (TPSA) is 66.1 Å². The Bertz CT molecular complexity index is 736. The van der Waals surface area contributed by atoms with E-state index in [2.05, 4.69) is 20.9 Å². The van der Waals surface area contributed by atoms with E-state index in [4.69, 9.17) is 10.00 Å². The Morgan fingerprint density at radius 3 is 2.80 bits per heavy atom. The molecule has 0 aliphatic carbocycles. The van der Waals surface area contributed by atoms with Crippen LogP contribution in [0.5, 0.6) is 5.75 Å². The highest BCUT2D eigenvalue weighted by atomic mass is 79.9. The maximum atomic E-state index is 10.6. The molecule has 0 saturated heterocycles. The van der Waals surface area contributed by atoms with Gasteiger partial charge in [-0.3, -0.25) is 0 Å². The van der Waals surface area contributed by atoms with Crippen molar-refractivity contribution in [3.63, 3.8) is 0 Å². The van der Waals surface area contributed by atoms with Crippen molar-refractivity contribution in [2.45, 2.75) is 30.4 Å². The summed E-state index contributed by atoms with van der Waals surface area (Å²) in [7, 11) is 0. The van der Waals surface area contributed by atoms with Crippen LogP contribution in [0.25, 0.3) is 10.9 Å². The van der Waals surface area contributed by atoms with E-state index in [1.165, 1.54) is 0 Å². The Morgan fingerprint density at radius 2 is 2.10 bits per heavy atom. The van der Waals surface area contributed by atoms with E-state index in [1.54, 1.807) is 12.1 Å². The first-order chi connectivity index (χ1) is 9.44. The average Bonchev–Trinajstić information content (AvgIpc) is 2.43. The number of hydrogen-bond donors (Lipinski definition) is 1. The summed E-state index contributed by atoms with van der Waals surface area (Å²) in [5, 5.41) is 20.3. The molecule has 1 N–H and O–H groups in total. The van der Waals surface area contributed by atoms with Gasteiger partial charge < -0.3 is 9.84 Å². The van der Waals surface area contributed by atoms with Crippen LogP contribution in [0, 0.1) is 11.3 Å². The number of aliphatic hydroxyl groups is 1. The zero-order valence-electron chi connectivity index (χ0n) is 11.1. The van der Waals surface area contributed by atoms with Gasteiger partial charge in [-0.1, -0.05) is 15.9 Å². The largest absolute Gasteiger partial charge is 0.486 e. The lowest BCUT2D eigenvalue weighted by atomic mass is 9.89. The van der Waals surface area contributed by atoms with E-state index < -0.39 is 11.7 Å². The predicted molar refractivity (Wildman–Crippen MR) is 78.8 cm³/mol. The van der Waals surface area contributed by atoms with E-state index in [0.29, 0.717) is 17.0 Å². The number of rotatable bonds is 0. The van der Waals surface area contributed by atoms with Crippen LogP contribution >= 0.6 is 15.9 Å². The fraction of sp³-hybridized carbons (Fsp3) is 0.333. The number of benzene rings is 1. The molecule has 1 aliphatic heterocycles. The molecule has 0 radical (unpaired) electrons. The second-order valence-electron chi connectivity index (χ2n) is 5.40. The van der Waals surface area contributed by atoms with Crippen LogP contribution < -0.4 is 4.74 Å². The molecule has 2 unspecified atom stereocenters. The van der Waals surface area contributed by atoms with Crippen molar-refractivity contribution in [3.8, 4) is 11.8 Å². The number of hydrogen-bond acceptors (Lipinski definition) is 4. The van der Waals surface area contributed by atoms with Crippen LogP contribution in [0.15, 0.2) is 24.3 Å². The van der Waals surface area contributed by atoms with E-state index in [9.17, 15) is 5.11 Å². The summed E-state index contributed by atoms with van der Waals surface area (Å²) in [6, 6.07) is 9.09. The van der Waals surface area contributed by atoms with Crippen LogP contribution in [0.1, 0.15) is 31.2 Å². The Labute approximate surface area is 125 Å². The van der Waals surface area contributed by atoms with Gasteiger partial charge in [-0.25, -0.2) is 4.98 Å². The lowest BCUT2D eigenvalue weighted by Crippen LogP contribution is -2.45. The second-order valence-corrected chi connectivity index (χ2v) is 6.39. The fourth-order valence-electron chi connectivity index (χ4n) is 2.53. The van der Waals surface area contributed by atoms with Crippen molar-refractivity contribution in [1.82, 2.24) is 4.98 Å². The first kappa shape index (κ1) is 13.3. The third-order valence-electron chi connectivity index (χ3n) is 3.60. The highest BCUT2D eigenvalue weighted by Gasteiger charge is 2.42. The maximum Gasteiger partial charge on any atom is 0.141 e. The molecule has 102 valence electrons. The molecule has 2 heterocycles. The summed E-state index contributed by atoms with van der Waals surface area (Å²) in [5.41, 5.74) is 1.27. The number of nitriles is 1. The number of aliphatic hydroxyl groups excluding tert-OH is 1.